The Morgan fingerprint density at radius 2 is 1.30 bits per heavy atom. The average molecular weight is 763 g/mol. The van der Waals surface area contributed by atoms with E-state index in [4.69, 9.17) is 18.9 Å². The Kier molecular flexibility index (Phi) is 10.9. The summed E-state index contributed by atoms with van der Waals surface area (Å²) in [6.07, 6.45) is 18.0. The van der Waals surface area contributed by atoms with Gasteiger partial charge in [0.2, 0.25) is 0 Å². The van der Waals surface area contributed by atoms with Crippen molar-refractivity contribution in [3.63, 3.8) is 0 Å². The number of rotatable bonds is 10. The first-order valence-corrected chi connectivity index (χ1v) is 21.3. The maximum Gasteiger partial charge on any atom is 0.331 e. The summed E-state index contributed by atoms with van der Waals surface area (Å²) in [5.74, 6) is 3.65. The Hall–Kier alpha value is -3.80. The highest BCUT2D eigenvalue weighted by atomic mass is 16.5. The summed E-state index contributed by atoms with van der Waals surface area (Å²) in [5, 5.41) is 0. The fraction of sp³-hybridized carbons (Fsp3) is 0.600. The van der Waals surface area contributed by atoms with Crippen LogP contribution in [0.25, 0.3) is 12.2 Å². The lowest BCUT2D eigenvalue weighted by Crippen LogP contribution is -2.67. The van der Waals surface area contributed by atoms with E-state index in [-0.39, 0.29) is 45.1 Å². The summed E-state index contributed by atoms with van der Waals surface area (Å²) in [6.45, 7) is 19.9. The number of methoxy groups -OCH3 is 2. The number of ether oxygens (including phenoxy) is 4. The molecule has 302 valence electrons. The molecule has 56 heavy (non-hydrogen) atoms. The van der Waals surface area contributed by atoms with Gasteiger partial charge in [0.1, 0.15) is 17.6 Å². The SMILES string of the molecule is C=C(C)[C@H]1CC[C@]2(COC(=O)C=Cc3ccc(OC)cc3)CC[C@@]3(C)[C@H](CC[C@H]4[C@@]5(C)CC[C@H](OC(=O)C=Cc6ccc(OC)cc6)C(C)(C)[C@H]5CC[C@]43C)[C@@H]12. The van der Waals surface area contributed by atoms with Crippen LogP contribution in [0.5, 0.6) is 11.5 Å². The molecule has 0 N–H and O–H groups in total. The molecule has 6 heteroatoms. The van der Waals surface area contributed by atoms with Crippen molar-refractivity contribution in [3.05, 3.63) is 84.0 Å². The van der Waals surface area contributed by atoms with Crippen LogP contribution >= 0.6 is 0 Å². The van der Waals surface area contributed by atoms with E-state index in [1.807, 2.05) is 60.7 Å². The zero-order valence-corrected chi connectivity index (χ0v) is 35.3. The third-order valence-corrected chi connectivity index (χ3v) is 17.0. The van der Waals surface area contributed by atoms with Gasteiger partial charge in [-0.15, -0.1) is 0 Å². The Morgan fingerprint density at radius 3 is 1.89 bits per heavy atom. The zero-order valence-electron chi connectivity index (χ0n) is 35.3. The second-order valence-electron chi connectivity index (χ2n) is 19.7. The number of hydrogen-bond acceptors (Lipinski definition) is 6. The van der Waals surface area contributed by atoms with Crippen LogP contribution in [0.3, 0.4) is 0 Å². The number of allylic oxidation sites excluding steroid dienone is 1. The van der Waals surface area contributed by atoms with Crippen LogP contribution in [0, 0.1) is 56.7 Å². The Balaban J connectivity index is 1.06. The van der Waals surface area contributed by atoms with Crippen molar-refractivity contribution in [1.82, 2.24) is 0 Å². The van der Waals surface area contributed by atoms with E-state index in [0.29, 0.717) is 36.2 Å². The van der Waals surface area contributed by atoms with Gasteiger partial charge in [0.15, 0.2) is 0 Å². The summed E-state index contributed by atoms with van der Waals surface area (Å²) in [5.41, 5.74) is 3.62. The van der Waals surface area contributed by atoms with Crippen LogP contribution in [0.1, 0.15) is 117 Å². The fourth-order valence-electron chi connectivity index (χ4n) is 13.9. The zero-order chi connectivity index (χ0) is 40.1. The lowest BCUT2D eigenvalue weighted by atomic mass is 9.32. The minimum atomic E-state index is -0.264. The summed E-state index contributed by atoms with van der Waals surface area (Å²) in [7, 11) is 3.31. The summed E-state index contributed by atoms with van der Waals surface area (Å²) in [4.78, 5) is 26.4. The summed E-state index contributed by atoms with van der Waals surface area (Å²) >= 11 is 0. The van der Waals surface area contributed by atoms with Crippen molar-refractivity contribution < 1.29 is 28.5 Å². The predicted octanol–water partition coefficient (Wildman–Crippen LogP) is 11.5. The molecule has 0 amide bonds. The first-order valence-electron chi connectivity index (χ1n) is 21.3. The molecule has 5 saturated carbocycles. The van der Waals surface area contributed by atoms with Crippen LogP contribution in [-0.2, 0) is 19.1 Å². The van der Waals surface area contributed by atoms with Gasteiger partial charge in [-0.25, -0.2) is 9.59 Å². The molecule has 0 aliphatic heterocycles. The molecule has 0 unspecified atom stereocenters. The quantitative estimate of drug-likeness (QED) is 0.136. The monoisotopic (exact) mass is 762 g/mol. The molecule has 0 bridgehead atoms. The summed E-state index contributed by atoms with van der Waals surface area (Å²) in [6, 6.07) is 15.4. The van der Waals surface area contributed by atoms with Crippen LogP contribution in [-0.4, -0.2) is 38.9 Å². The first-order chi connectivity index (χ1) is 26.6. The Bertz CT molecular complexity index is 1840. The third-order valence-electron chi connectivity index (χ3n) is 17.0. The van der Waals surface area contributed by atoms with Gasteiger partial charge in [-0.2, -0.15) is 0 Å². The van der Waals surface area contributed by atoms with Crippen molar-refractivity contribution in [2.24, 2.45) is 56.7 Å². The van der Waals surface area contributed by atoms with Gasteiger partial charge in [-0.05, 0) is 165 Å². The number of fused-ring (bicyclic) bond motifs is 7. The third kappa shape index (κ3) is 6.85. The van der Waals surface area contributed by atoms with Crippen molar-refractivity contribution in [3.8, 4) is 11.5 Å². The van der Waals surface area contributed by atoms with Gasteiger partial charge in [0.05, 0.1) is 20.8 Å². The summed E-state index contributed by atoms with van der Waals surface area (Å²) < 4.78 is 23.1. The van der Waals surface area contributed by atoms with Gasteiger partial charge in [0.25, 0.3) is 0 Å². The molecular formula is C50H66O6. The van der Waals surface area contributed by atoms with Crippen LogP contribution < -0.4 is 9.47 Å². The van der Waals surface area contributed by atoms with E-state index in [0.717, 1.165) is 61.2 Å². The van der Waals surface area contributed by atoms with E-state index in [9.17, 15) is 9.59 Å². The molecule has 5 aliphatic rings. The van der Waals surface area contributed by atoms with Crippen LogP contribution in [0.4, 0.5) is 0 Å². The first kappa shape index (κ1) is 40.4. The number of carbonyl (C=O) groups excluding carboxylic acids is 2. The van der Waals surface area contributed by atoms with Gasteiger partial charge in [-0.1, -0.05) is 71.0 Å². The second kappa shape index (κ2) is 15.2. The molecular weight excluding hydrogens is 697 g/mol. The minimum absolute atomic E-state index is 0.00649. The van der Waals surface area contributed by atoms with E-state index in [2.05, 4.69) is 48.1 Å². The van der Waals surface area contributed by atoms with E-state index < -0.39 is 0 Å². The highest BCUT2D eigenvalue weighted by molar-refractivity contribution is 5.87. The molecule has 0 saturated heterocycles. The highest BCUT2D eigenvalue weighted by Crippen LogP contribution is 2.77. The topological polar surface area (TPSA) is 71.1 Å². The number of benzene rings is 2. The van der Waals surface area contributed by atoms with Gasteiger partial charge < -0.3 is 18.9 Å². The molecule has 6 nitrogen and oxygen atoms in total. The maximum atomic E-state index is 13.2. The van der Waals surface area contributed by atoms with Gasteiger partial charge in [-0.3, -0.25) is 0 Å². The standard InChI is InChI=1S/C50H66O6/c1-33(2)38-24-29-50(32-55-43(51)22-14-34-10-16-36(53-8)17-11-34)31-30-48(6)39(45(38)50)20-21-41-47(5)27-26-42(46(3,4)40(47)25-28-49(41,48)7)56-44(52)23-15-35-12-18-37(54-9)19-13-35/h10-19,22-23,38-42,45H,1,20-21,24-32H2,2-9H3/t38-,39-,40-,41+,42+,45-,47+,48+,49-,50-/m1/s1. The molecule has 5 aliphatic carbocycles. The molecule has 0 spiro atoms. The predicted molar refractivity (Wildman–Crippen MR) is 224 cm³/mol. The van der Waals surface area contributed by atoms with E-state index in [1.165, 1.54) is 31.3 Å². The smallest absolute Gasteiger partial charge is 0.331 e. The van der Waals surface area contributed by atoms with Crippen molar-refractivity contribution in [2.75, 3.05) is 20.8 Å². The number of hydrogen-bond donors (Lipinski definition) is 0. The van der Waals surface area contributed by atoms with Crippen molar-refractivity contribution >= 4 is 24.1 Å². The molecule has 0 heterocycles. The Morgan fingerprint density at radius 1 is 0.696 bits per heavy atom. The largest absolute Gasteiger partial charge is 0.497 e. The molecule has 7 rings (SSSR count). The van der Waals surface area contributed by atoms with E-state index >= 15 is 0 Å². The fourth-order valence-corrected chi connectivity index (χ4v) is 13.9. The average Bonchev–Trinajstić information content (AvgIpc) is 3.57. The molecule has 0 radical (unpaired) electrons. The number of esters is 2. The highest BCUT2D eigenvalue weighted by Gasteiger charge is 2.71. The number of carbonyl (C=O) groups is 2. The van der Waals surface area contributed by atoms with Crippen molar-refractivity contribution in [2.45, 2.75) is 112 Å². The van der Waals surface area contributed by atoms with Crippen LogP contribution in [0.2, 0.25) is 0 Å². The maximum absolute atomic E-state index is 13.2. The molecule has 0 aromatic heterocycles. The minimum Gasteiger partial charge on any atom is -0.497 e. The van der Waals surface area contributed by atoms with Gasteiger partial charge in [0, 0.05) is 23.0 Å². The van der Waals surface area contributed by atoms with Crippen molar-refractivity contribution in [1.29, 1.82) is 0 Å². The van der Waals surface area contributed by atoms with Gasteiger partial charge >= 0.3 is 11.9 Å². The van der Waals surface area contributed by atoms with E-state index in [1.54, 1.807) is 26.4 Å². The molecule has 2 aromatic rings. The molecule has 10 atom stereocenters. The molecule has 5 fully saturated rings. The Labute approximate surface area is 336 Å². The van der Waals surface area contributed by atoms with Crippen LogP contribution in [0.15, 0.2) is 72.8 Å². The second-order valence-corrected chi connectivity index (χ2v) is 19.7. The molecule has 2 aromatic carbocycles. The normalized spacial score (nSPS) is 37.1. The lowest BCUT2D eigenvalue weighted by Gasteiger charge is -2.73. The lowest BCUT2D eigenvalue weighted by molar-refractivity contribution is -0.251.